The van der Waals surface area contributed by atoms with Gasteiger partial charge < -0.3 is 0 Å². The molecule has 0 radical (unpaired) electrons. The summed E-state index contributed by atoms with van der Waals surface area (Å²) in [4.78, 5) is 0. The fourth-order valence-electron chi connectivity index (χ4n) is 2.50. The van der Waals surface area contributed by atoms with Crippen LogP contribution in [-0.2, 0) is 0 Å². The zero-order chi connectivity index (χ0) is 14.2. The molecule has 0 atom stereocenters. The van der Waals surface area contributed by atoms with Crippen LogP contribution in [0.5, 0.6) is 0 Å². The third-order valence-electron chi connectivity index (χ3n) is 3.70. The van der Waals surface area contributed by atoms with Gasteiger partial charge in [0, 0.05) is 0 Å². The predicted molar refractivity (Wildman–Crippen MR) is 89.4 cm³/mol. The number of nitrogens with zero attached hydrogens (tertiary/aromatic N) is 1. The lowest BCUT2D eigenvalue weighted by Gasteiger charge is -2.23. The van der Waals surface area contributed by atoms with Gasteiger partial charge in [-0.05, 0) is 52.6 Å². The summed E-state index contributed by atoms with van der Waals surface area (Å²) in [5, 5.41) is 0. The number of rotatable bonds is 2. The van der Waals surface area contributed by atoms with Gasteiger partial charge in [0.2, 0.25) is 0 Å². The minimum absolute atomic E-state index is 0.847. The molecule has 0 spiro atoms. The van der Waals surface area contributed by atoms with Crippen molar-refractivity contribution in [3.05, 3.63) is 71.3 Å². The summed E-state index contributed by atoms with van der Waals surface area (Å²) in [5.41, 5.74) is 6.48. The first-order valence-electron chi connectivity index (χ1n) is 6.95. The highest BCUT2D eigenvalue weighted by Gasteiger charge is 2.12. The number of benzene rings is 2. The molecule has 1 aliphatic rings. The van der Waals surface area contributed by atoms with Gasteiger partial charge in [-0.15, -0.1) is 0 Å². The third kappa shape index (κ3) is 2.45. The molecule has 0 heterocycles. The Hall–Kier alpha value is -2.12. The van der Waals surface area contributed by atoms with Gasteiger partial charge in [0.25, 0.3) is 0 Å². The van der Waals surface area contributed by atoms with Gasteiger partial charge in [0.1, 0.15) is 5.69 Å². The number of hydrogen-bond acceptors (Lipinski definition) is 0. The Balaban J connectivity index is 1.93. The quantitative estimate of drug-likeness (QED) is 0.701. The van der Waals surface area contributed by atoms with Crippen LogP contribution in [0.3, 0.4) is 0 Å². The Morgan fingerprint density at radius 2 is 1.50 bits per heavy atom. The average molecular weight is 262 g/mol. The van der Waals surface area contributed by atoms with Crippen molar-refractivity contribution < 1.29 is 0 Å². The first kappa shape index (κ1) is 12.9. The normalized spacial score (nSPS) is 15.7. The molecule has 1 nitrogen and oxygen atoms in total. The van der Waals surface area contributed by atoms with Gasteiger partial charge in [-0.2, -0.15) is 0 Å². The molecular formula is C19H20N+. The molecule has 2 aromatic rings. The maximum Gasteiger partial charge on any atom is 0.132 e. The second-order valence-corrected chi connectivity index (χ2v) is 6.12. The van der Waals surface area contributed by atoms with Gasteiger partial charge in [-0.1, -0.05) is 36.4 Å². The zero-order valence-electron chi connectivity index (χ0n) is 12.3. The molecule has 0 unspecified atom stereocenters. The summed E-state index contributed by atoms with van der Waals surface area (Å²) in [6.07, 6.45) is 6.63. The predicted octanol–water partition coefficient (Wildman–Crippen LogP) is 4.45. The first-order chi connectivity index (χ1) is 9.54. The Bertz CT molecular complexity index is 682. The Morgan fingerprint density at radius 1 is 0.800 bits per heavy atom. The average Bonchev–Trinajstić information content (AvgIpc) is 2.82. The molecule has 0 aromatic heterocycles. The number of quaternary nitrogens is 1. The summed E-state index contributed by atoms with van der Waals surface area (Å²) in [5.74, 6) is 0. The van der Waals surface area contributed by atoms with Gasteiger partial charge in [-0.25, -0.2) is 0 Å². The van der Waals surface area contributed by atoms with Crippen molar-refractivity contribution >= 4 is 23.4 Å². The van der Waals surface area contributed by atoms with Crippen LogP contribution in [0.4, 0.5) is 5.69 Å². The van der Waals surface area contributed by atoms with E-state index in [1.807, 2.05) is 0 Å². The summed E-state index contributed by atoms with van der Waals surface area (Å²) >= 11 is 0. The van der Waals surface area contributed by atoms with Crippen LogP contribution < -0.4 is 4.48 Å². The van der Waals surface area contributed by atoms with Crippen LogP contribution >= 0.6 is 0 Å². The minimum Gasteiger partial charge on any atom is -0.298 e. The number of hydrogen-bond donors (Lipinski definition) is 0. The molecule has 1 heteroatoms. The molecule has 100 valence electrons. The third-order valence-corrected chi connectivity index (χ3v) is 3.70. The van der Waals surface area contributed by atoms with Crippen LogP contribution in [0.2, 0.25) is 0 Å². The van der Waals surface area contributed by atoms with E-state index < -0.39 is 0 Å². The second kappa shape index (κ2) is 4.77. The molecule has 0 aliphatic heterocycles. The van der Waals surface area contributed by atoms with Crippen molar-refractivity contribution in [2.45, 2.75) is 0 Å². The van der Waals surface area contributed by atoms with Crippen LogP contribution in [0.1, 0.15) is 16.7 Å². The van der Waals surface area contributed by atoms with Crippen molar-refractivity contribution in [2.75, 3.05) is 21.1 Å². The molecule has 1 aliphatic carbocycles. The fourth-order valence-corrected chi connectivity index (χ4v) is 2.50. The molecule has 0 N–H and O–H groups in total. The molecule has 0 saturated heterocycles. The van der Waals surface area contributed by atoms with Crippen molar-refractivity contribution in [3.8, 4) is 0 Å². The molecular weight excluding hydrogens is 242 g/mol. The van der Waals surface area contributed by atoms with Gasteiger partial charge in [-0.3, -0.25) is 4.48 Å². The highest BCUT2D eigenvalue weighted by atomic mass is 15.3. The Morgan fingerprint density at radius 3 is 2.20 bits per heavy atom. The highest BCUT2D eigenvalue weighted by Crippen LogP contribution is 2.30. The number of fused-ring (bicyclic) bond motifs is 1. The summed E-state index contributed by atoms with van der Waals surface area (Å²) in [6, 6.07) is 17.3. The van der Waals surface area contributed by atoms with Gasteiger partial charge >= 0.3 is 0 Å². The monoisotopic (exact) mass is 262 g/mol. The fraction of sp³-hybridized carbons (Fsp3) is 0.158. The number of allylic oxidation sites excluding steroid dienone is 2. The molecule has 0 saturated carbocycles. The van der Waals surface area contributed by atoms with E-state index in [1.165, 1.54) is 28.0 Å². The lowest BCUT2D eigenvalue weighted by molar-refractivity contribution is 0.486. The maximum absolute atomic E-state index is 2.25. The maximum atomic E-state index is 2.25. The Kier molecular flexibility index (Phi) is 3.07. The van der Waals surface area contributed by atoms with Gasteiger partial charge in [0.05, 0.1) is 21.1 Å². The molecule has 2 aromatic carbocycles. The first-order valence-corrected chi connectivity index (χ1v) is 6.95. The van der Waals surface area contributed by atoms with Crippen molar-refractivity contribution in [1.82, 2.24) is 4.48 Å². The van der Waals surface area contributed by atoms with Crippen LogP contribution in [0, 0.1) is 0 Å². The standard InChI is InChI=1S/C19H20N/c1-20(2,3)18-12-8-15(9-13-18)14-17-11-10-16-6-4-5-7-19(16)17/h4-14H,1-3H3/q+1/b17-14+. The van der Waals surface area contributed by atoms with Crippen LogP contribution in [-0.4, -0.2) is 21.1 Å². The van der Waals surface area contributed by atoms with E-state index in [0.717, 1.165) is 4.48 Å². The highest BCUT2D eigenvalue weighted by molar-refractivity contribution is 5.97. The molecule has 0 amide bonds. The van der Waals surface area contributed by atoms with Crippen LogP contribution in [0.15, 0.2) is 54.6 Å². The topological polar surface area (TPSA) is 0 Å². The SMILES string of the molecule is C[N+](C)(C)c1ccc(/C=C2\C=Cc3ccccc32)cc1. The van der Waals surface area contributed by atoms with E-state index in [9.17, 15) is 0 Å². The summed E-state index contributed by atoms with van der Waals surface area (Å²) in [7, 11) is 6.55. The summed E-state index contributed by atoms with van der Waals surface area (Å²) < 4.78 is 0.847. The Labute approximate surface area is 121 Å². The summed E-state index contributed by atoms with van der Waals surface area (Å²) in [6.45, 7) is 0. The van der Waals surface area contributed by atoms with Crippen molar-refractivity contribution in [2.24, 2.45) is 0 Å². The minimum atomic E-state index is 0.847. The van der Waals surface area contributed by atoms with E-state index in [-0.39, 0.29) is 0 Å². The van der Waals surface area contributed by atoms with Crippen molar-refractivity contribution in [1.29, 1.82) is 0 Å². The van der Waals surface area contributed by atoms with Crippen molar-refractivity contribution in [3.63, 3.8) is 0 Å². The zero-order valence-corrected chi connectivity index (χ0v) is 12.3. The van der Waals surface area contributed by atoms with Gasteiger partial charge in [0.15, 0.2) is 0 Å². The van der Waals surface area contributed by atoms with E-state index in [0.29, 0.717) is 0 Å². The second-order valence-electron chi connectivity index (χ2n) is 6.12. The van der Waals surface area contributed by atoms with E-state index in [1.54, 1.807) is 0 Å². The molecule has 20 heavy (non-hydrogen) atoms. The lowest BCUT2D eigenvalue weighted by atomic mass is 10.0. The van der Waals surface area contributed by atoms with Crippen LogP contribution in [0.25, 0.3) is 17.7 Å². The van der Waals surface area contributed by atoms with E-state index >= 15 is 0 Å². The molecule has 0 fully saturated rings. The molecule has 0 bridgehead atoms. The lowest BCUT2D eigenvalue weighted by Crippen LogP contribution is -2.34. The molecule has 3 rings (SSSR count). The van der Waals surface area contributed by atoms with E-state index in [4.69, 9.17) is 0 Å². The largest absolute Gasteiger partial charge is 0.298 e. The smallest absolute Gasteiger partial charge is 0.132 e. The van der Waals surface area contributed by atoms with E-state index in [2.05, 4.69) is 87.9 Å².